The predicted octanol–water partition coefficient (Wildman–Crippen LogP) is 1.59. The van der Waals surface area contributed by atoms with E-state index < -0.39 is 0 Å². The first kappa shape index (κ1) is 19.0. The Labute approximate surface area is 173 Å². The lowest BCUT2D eigenvalue weighted by atomic mass is 10.1. The normalized spacial score (nSPS) is 25.6. The van der Waals surface area contributed by atoms with Gasteiger partial charge in [0.05, 0.1) is 0 Å². The lowest BCUT2D eigenvalue weighted by molar-refractivity contribution is 0.170. The van der Waals surface area contributed by atoms with Gasteiger partial charge in [-0.3, -0.25) is 9.89 Å². The number of hydrogen-bond donors (Lipinski definition) is 1. The number of rotatable bonds is 5. The topological polar surface area (TPSA) is 52.6 Å². The summed E-state index contributed by atoms with van der Waals surface area (Å²) in [4.78, 5) is 12.2. The van der Waals surface area contributed by atoms with Gasteiger partial charge in [0.15, 0.2) is 17.5 Å². The Morgan fingerprint density at radius 1 is 1.07 bits per heavy atom. The Bertz CT molecular complexity index is 743. The lowest BCUT2D eigenvalue weighted by Gasteiger charge is -2.36. The number of piperazine rings is 1. The van der Waals surface area contributed by atoms with Gasteiger partial charge in [-0.25, -0.2) is 0 Å². The molecule has 0 bridgehead atoms. The van der Waals surface area contributed by atoms with Gasteiger partial charge in [-0.05, 0) is 49.4 Å². The number of hydrogen-bond acceptors (Lipinski definition) is 5. The van der Waals surface area contributed by atoms with Crippen LogP contribution in [0.25, 0.3) is 0 Å². The highest BCUT2D eigenvalue weighted by atomic mass is 16.7. The van der Waals surface area contributed by atoms with Crippen LogP contribution < -0.4 is 14.8 Å². The highest BCUT2D eigenvalue weighted by Gasteiger charge is 2.34. The Kier molecular flexibility index (Phi) is 5.50. The maximum absolute atomic E-state index is 5.51. The van der Waals surface area contributed by atoms with Crippen molar-refractivity contribution >= 4 is 5.96 Å². The Balaban J connectivity index is 1.07. The zero-order chi connectivity index (χ0) is 19.6. The van der Waals surface area contributed by atoms with E-state index in [-0.39, 0.29) is 0 Å². The van der Waals surface area contributed by atoms with Crippen molar-refractivity contribution < 1.29 is 9.47 Å². The molecule has 0 radical (unpaired) electrons. The smallest absolute Gasteiger partial charge is 0.231 e. The lowest BCUT2D eigenvalue weighted by Crippen LogP contribution is -2.52. The average Bonchev–Trinajstić information content (AvgIpc) is 3.30. The summed E-state index contributed by atoms with van der Waals surface area (Å²) in [6, 6.07) is 7.18. The number of nitrogens with zero attached hydrogens (tertiary/aromatic N) is 4. The molecule has 1 aromatic rings. The third kappa shape index (κ3) is 4.46. The van der Waals surface area contributed by atoms with Crippen molar-refractivity contribution in [3.8, 4) is 11.5 Å². The summed E-state index contributed by atoms with van der Waals surface area (Å²) in [5.74, 6) is 3.56. The summed E-state index contributed by atoms with van der Waals surface area (Å²) in [6.45, 7) is 9.02. The molecule has 4 aliphatic rings. The maximum atomic E-state index is 5.51. The van der Waals surface area contributed by atoms with E-state index in [0.29, 0.717) is 6.79 Å². The molecule has 1 N–H and O–H groups in total. The summed E-state index contributed by atoms with van der Waals surface area (Å²) in [6.07, 6.45) is 4.15. The van der Waals surface area contributed by atoms with Crippen molar-refractivity contribution in [2.45, 2.75) is 31.8 Å². The van der Waals surface area contributed by atoms with Crippen LogP contribution in [0.15, 0.2) is 23.2 Å². The van der Waals surface area contributed by atoms with Crippen LogP contribution in [0.5, 0.6) is 11.5 Å². The summed E-state index contributed by atoms with van der Waals surface area (Å²) in [5.41, 5.74) is 1.28. The molecule has 1 aliphatic carbocycles. The van der Waals surface area contributed by atoms with Gasteiger partial charge in [0.25, 0.3) is 0 Å². The van der Waals surface area contributed by atoms with E-state index in [1.54, 1.807) is 0 Å². The highest BCUT2D eigenvalue weighted by molar-refractivity contribution is 5.80. The average molecular weight is 400 g/mol. The molecule has 5 rings (SSSR count). The minimum absolute atomic E-state index is 0.336. The van der Waals surface area contributed by atoms with Crippen LogP contribution in [-0.2, 0) is 6.54 Å². The zero-order valence-electron chi connectivity index (χ0n) is 17.5. The Morgan fingerprint density at radius 2 is 1.90 bits per heavy atom. The standard InChI is InChI=1S/C22H33N5O2/c1-23-22(24-13-18-6-7-27(15-18)19-3-4-19)26-10-8-25(9-11-26)14-17-2-5-20-21(12-17)29-16-28-20/h2,5,12,18-19H,3-4,6-11,13-16H2,1H3,(H,23,24). The quantitative estimate of drug-likeness (QED) is 0.600. The Morgan fingerprint density at radius 3 is 2.69 bits per heavy atom. The van der Waals surface area contributed by atoms with E-state index in [4.69, 9.17) is 9.47 Å². The molecular formula is C22H33N5O2. The van der Waals surface area contributed by atoms with Gasteiger partial charge >= 0.3 is 0 Å². The molecule has 158 valence electrons. The molecule has 0 amide bonds. The number of likely N-dealkylation sites (tertiary alicyclic amines) is 1. The van der Waals surface area contributed by atoms with Crippen molar-refractivity contribution in [2.24, 2.45) is 10.9 Å². The van der Waals surface area contributed by atoms with E-state index in [9.17, 15) is 0 Å². The SMILES string of the molecule is CN=C(NCC1CCN(C2CC2)C1)N1CCN(Cc2ccc3c(c2)OCO3)CC1. The van der Waals surface area contributed by atoms with Crippen molar-refractivity contribution in [2.75, 3.05) is 59.7 Å². The van der Waals surface area contributed by atoms with Gasteiger partial charge < -0.3 is 24.6 Å². The summed E-state index contributed by atoms with van der Waals surface area (Å²) in [7, 11) is 1.91. The van der Waals surface area contributed by atoms with Gasteiger partial charge in [-0.15, -0.1) is 0 Å². The molecule has 0 spiro atoms. The molecular weight excluding hydrogens is 366 g/mol. The molecule has 1 saturated carbocycles. The van der Waals surface area contributed by atoms with Crippen LogP contribution in [0.3, 0.4) is 0 Å². The van der Waals surface area contributed by atoms with E-state index in [2.05, 4.69) is 37.1 Å². The second-order valence-electron chi connectivity index (χ2n) is 8.76. The summed E-state index contributed by atoms with van der Waals surface area (Å²) >= 11 is 0. The molecule has 29 heavy (non-hydrogen) atoms. The van der Waals surface area contributed by atoms with Crippen LogP contribution in [0.1, 0.15) is 24.8 Å². The molecule has 1 unspecified atom stereocenters. The largest absolute Gasteiger partial charge is 0.454 e. The third-order valence-electron chi connectivity index (χ3n) is 6.66. The highest BCUT2D eigenvalue weighted by Crippen LogP contribution is 2.33. The molecule has 3 heterocycles. The predicted molar refractivity (Wildman–Crippen MR) is 113 cm³/mol. The number of benzene rings is 1. The van der Waals surface area contributed by atoms with Crippen molar-refractivity contribution in [3.05, 3.63) is 23.8 Å². The zero-order valence-corrected chi connectivity index (χ0v) is 17.5. The minimum atomic E-state index is 0.336. The van der Waals surface area contributed by atoms with E-state index >= 15 is 0 Å². The van der Waals surface area contributed by atoms with Gasteiger partial charge in [-0.1, -0.05) is 6.07 Å². The molecule has 0 aromatic heterocycles. The Hall–Kier alpha value is -1.99. The number of aliphatic imine (C=N–C) groups is 1. The number of ether oxygens (including phenoxy) is 2. The van der Waals surface area contributed by atoms with Gasteiger partial charge in [-0.2, -0.15) is 0 Å². The monoisotopic (exact) mass is 399 g/mol. The molecule has 2 saturated heterocycles. The number of fused-ring (bicyclic) bond motifs is 1. The molecule has 1 aromatic carbocycles. The van der Waals surface area contributed by atoms with Crippen molar-refractivity contribution in [3.63, 3.8) is 0 Å². The fourth-order valence-corrected chi connectivity index (χ4v) is 4.78. The first-order valence-electron chi connectivity index (χ1n) is 11.1. The minimum Gasteiger partial charge on any atom is -0.454 e. The second-order valence-corrected chi connectivity index (χ2v) is 8.76. The van der Waals surface area contributed by atoms with Crippen molar-refractivity contribution in [1.29, 1.82) is 0 Å². The molecule has 7 nitrogen and oxygen atoms in total. The third-order valence-corrected chi connectivity index (χ3v) is 6.66. The van der Waals surface area contributed by atoms with E-state index in [1.807, 2.05) is 13.1 Å². The number of nitrogens with one attached hydrogen (secondary N) is 1. The molecule has 7 heteroatoms. The molecule has 1 atom stereocenters. The number of guanidine groups is 1. The maximum Gasteiger partial charge on any atom is 0.231 e. The first-order chi connectivity index (χ1) is 14.3. The fraction of sp³-hybridized carbons (Fsp3) is 0.682. The van der Waals surface area contributed by atoms with E-state index in [0.717, 1.165) is 68.7 Å². The van der Waals surface area contributed by atoms with Crippen LogP contribution in [-0.4, -0.2) is 86.4 Å². The van der Waals surface area contributed by atoms with Crippen LogP contribution in [0, 0.1) is 5.92 Å². The fourth-order valence-electron chi connectivity index (χ4n) is 4.78. The first-order valence-corrected chi connectivity index (χ1v) is 11.1. The summed E-state index contributed by atoms with van der Waals surface area (Å²) < 4.78 is 10.9. The summed E-state index contributed by atoms with van der Waals surface area (Å²) in [5, 5.41) is 3.65. The van der Waals surface area contributed by atoms with Crippen LogP contribution in [0.4, 0.5) is 0 Å². The molecule has 3 aliphatic heterocycles. The van der Waals surface area contributed by atoms with Gasteiger partial charge in [0.1, 0.15) is 0 Å². The van der Waals surface area contributed by atoms with Gasteiger partial charge in [0.2, 0.25) is 6.79 Å². The molecule has 3 fully saturated rings. The second kappa shape index (κ2) is 8.40. The van der Waals surface area contributed by atoms with Crippen molar-refractivity contribution in [1.82, 2.24) is 20.0 Å². The van der Waals surface area contributed by atoms with Crippen LogP contribution >= 0.6 is 0 Å². The van der Waals surface area contributed by atoms with E-state index in [1.165, 1.54) is 37.9 Å². The van der Waals surface area contributed by atoms with Crippen LogP contribution in [0.2, 0.25) is 0 Å². The van der Waals surface area contributed by atoms with Gasteiger partial charge in [0, 0.05) is 58.9 Å².